The third-order valence-corrected chi connectivity index (χ3v) is 4.37. The molecule has 0 aromatic carbocycles. The third-order valence-electron chi connectivity index (χ3n) is 4.37. The van der Waals surface area contributed by atoms with Gasteiger partial charge in [-0.15, -0.1) is 12.3 Å². The van der Waals surface area contributed by atoms with Gasteiger partial charge in [0.2, 0.25) is 5.91 Å². The van der Waals surface area contributed by atoms with Gasteiger partial charge >= 0.3 is 5.97 Å². The van der Waals surface area contributed by atoms with Crippen LogP contribution < -0.4 is 5.32 Å². The molecule has 0 aromatic heterocycles. The molecule has 2 rings (SSSR count). The molecule has 0 saturated heterocycles. The Kier molecular flexibility index (Phi) is 5.14. The molecule has 1 saturated carbocycles. The summed E-state index contributed by atoms with van der Waals surface area (Å²) in [7, 11) is 0. The maximum absolute atomic E-state index is 11.8. The van der Waals surface area contributed by atoms with Gasteiger partial charge in [0.25, 0.3) is 0 Å². The summed E-state index contributed by atoms with van der Waals surface area (Å²) in [6.45, 7) is 0.301. The van der Waals surface area contributed by atoms with E-state index in [1.807, 2.05) is 0 Å². The summed E-state index contributed by atoms with van der Waals surface area (Å²) in [4.78, 5) is 22.7. The summed E-state index contributed by atoms with van der Waals surface area (Å²) in [5.41, 5.74) is -0.467. The molecule has 0 bridgehead atoms. The molecule has 0 aromatic rings. The molecule has 3 atom stereocenters. The van der Waals surface area contributed by atoms with Gasteiger partial charge in [-0.3, -0.25) is 9.59 Å². The van der Waals surface area contributed by atoms with E-state index < -0.39 is 23.7 Å². The number of nitrogens with one attached hydrogen (secondary N) is 1. The number of aliphatic hydroxyl groups excluding tert-OH is 1. The molecule has 1 heterocycles. The normalized spacial score (nSPS) is 28.1. The summed E-state index contributed by atoms with van der Waals surface area (Å²) < 4.78 is 0. The van der Waals surface area contributed by atoms with Crippen LogP contribution in [0.1, 0.15) is 38.5 Å². The monoisotopic (exact) mass is 307 g/mol. The number of carbonyl (C=O) groups is 2. The van der Waals surface area contributed by atoms with Crippen molar-refractivity contribution in [2.75, 3.05) is 6.54 Å². The molecular formula is C15H21N3O4. The quantitative estimate of drug-likeness (QED) is 0.579. The Balaban J connectivity index is 1.66. The second-order valence-corrected chi connectivity index (χ2v) is 6.02. The van der Waals surface area contributed by atoms with Gasteiger partial charge in [-0.05, 0) is 12.8 Å². The van der Waals surface area contributed by atoms with Crippen molar-refractivity contribution >= 4 is 11.9 Å². The smallest absolute Gasteiger partial charge is 0.306 e. The van der Waals surface area contributed by atoms with Crippen LogP contribution in [-0.2, 0) is 9.59 Å². The molecule has 7 nitrogen and oxygen atoms in total. The lowest BCUT2D eigenvalue weighted by Gasteiger charge is -2.15. The highest BCUT2D eigenvalue weighted by atomic mass is 16.4. The molecule has 22 heavy (non-hydrogen) atoms. The Labute approximate surface area is 129 Å². The summed E-state index contributed by atoms with van der Waals surface area (Å²) in [6, 6.07) is 0. The van der Waals surface area contributed by atoms with Crippen LogP contribution in [0.4, 0.5) is 0 Å². The largest absolute Gasteiger partial charge is 0.481 e. The fraction of sp³-hybridized carbons (Fsp3) is 0.733. The number of terminal acetylenes is 1. The number of rotatable bonds is 8. The first kappa shape index (κ1) is 16.4. The Hall–Kier alpha value is -1.94. The number of aliphatic carboxylic acids is 1. The molecule has 0 unspecified atom stereocenters. The maximum Gasteiger partial charge on any atom is 0.306 e. The van der Waals surface area contributed by atoms with Crippen molar-refractivity contribution in [3.8, 4) is 12.3 Å². The molecule has 0 spiro atoms. The van der Waals surface area contributed by atoms with Crippen molar-refractivity contribution in [2.45, 2.75) is 50.3 Å². The van der Waals surface area contributed by atoms with Crippen LogP contribution in [0.3, 0.4) is 0 Å². The molecular weight excluding hydrogens is 286 g/mol. The minimum atomic E-state index is -0.889. The fourth-order valence-corrected chi connectivity index (χ4v) is 2.84. The van der Waals surface area contributed by atoms with Gasteiger partial charge in [-0.25, -0.2) is 0 Å². The first-order chi connectivity index (χ1) is 10.5. The first-order valence-electron chi connectivity index (χ1n) is 7.51. The average Bonchev–Trinajstić information content (AvgIpc) is 3.16. The second kappa shape index (κ2) is 6.88. The van der Waals surface area contributed by atoms with Crippen LogP contribution >= 0.6 is 0 Å². The van der Waals surface area contributed by atoms with Crippen LogP contribution in [0, 0.1) is 24.2 Å². The molecule has 1 amide bonds. The van der Waals surface area contributed by atoms with E-state index in [0.717, 1.165) is 0 Å². The van der Waals surface area contributed by atoms with E-state index in [1.165, 1.54) is 0 Å². The summed E-state index contributed by atoms with van der Waals surface area (Å²) in [5, 5.41) is 29.5. The lowest BCUT2D eigenvalue weighted by molar-refractivity contribution is -0.141. The minimum absolute atomic E-state index is 0.136. The number of amides is 1. The number of aliphatic hydroxyl groups is 1. The topological polar surface area (TPSA) is 111 Å². The molecule has 120 valence electrons. The van der Waals surface area contributed by atoms with Crippen molar-refractivity contribution in [1.29, 1.82) is 0 Å². The van der Waals surface area contributed by atoms with Gasteiger partial charge in [0, 0.05) is 38.1 Å². The highest BCUT2D eigenvalue weighted by molar-refractivity contribution is 5.76. The van der Waals surface area contributed by atoms with Crippen molar-refractivity contribution in [1.82, 2.24) is 5.32 Å². The van der Waals surface area contributed by atoms with Gasteiger partial charge in [0.05, 0.1) is 12.0 Å². The molecule has 0 radical (unpaired) electrons. The van der Waals surface area contributed by atoms with Gasteiger partial charge < -0.3 is 15.5 Å². The van der Waals surface area contributed by atoms with Crippen LogP contribution in [0.25, 0.3) is 0 Å². The summed E-state index contributed by atoms with van der Waals surface area (Å²) >= 11 is 0. The number of carboxylic acids is 1. The summed E-state index contributed by atoms with van der Waals surface area (Å²) in [5.74, 6) is 0.792. The van der Waals surface area contributed by atoms with Crippen molar-refractivity contribution in [2.24, 2.45) is 22.1 Å². The zero-order valence-electron chi connectivity index (χ0n) is 12.4. The first-order valence-corrected chi connectivity index (χ1v) is 7.51. The number of hydrogen-bond donors (Lipinski definition) is 3. The highest BCUT2D eigenvalue weighted by Crippen LogP contribution is 2.37. The van der Waals surface area contributed by atoms with Crippen molar-refractivity contribution < 1.29 is 19.8 Å². The third kappa shape index (κ3) is 4.28. The van der Waals surface area contributed by atoms with Crippen molar-refractivity contribution in [3.63, 3.8) is 0 Å². The number of carboxylic acid groups (broad SMARTS) is 1. The molecule has 1 aliphatic carbocycles. The van der Waals surface area contributed by atoms with Crippen LogP contribution in [0.5, 0.6) is 0 Å². The van der Waals surface area contributed by atoms with E-state index in [0.29, 0.717) is 38.6 Å². The number of hydrogen-bond acceptors (Lipinski definition) is 5. The standard InChI is InChI=1S/C15H21N3O4/c1-2-3-5-15(17-18-15)6-4-13(20)16-9-11-7-10(14(21)22)8-12(11)19/h1,10-12,19H,3-9H2,(H,16,20)(H,21,22)/t10-,11+,12+/m0/s1. The van der Waals surface area contributed by atoms with Crippen LogP contribution in [-0.4, -0.2) is 40.4 Å². The minimum Gasteiger partial charge on any atom is -0.481 e. The van der Waals surface area contributed by atoms with E-state index in [9.17, 15) is 14.7 Å². The zero-order chi connectivity index (χ0) is 16.2. The molecule has 1 fully saturated rings. The highest BCUT2D eigenvalue weighted by Gasteiger charge is 2.40. The van der Waals surface area contributed by atoms with Gasteiger partial charge in [-0.2, -0.15) is 10.2 Å². The van der Waals surface area contributed by atoms with E-state index in [1.54, 1.807) is 0 Å². The van der Waals surface area contributed by atoms with Crippen LogP contribution in [0.2, 0.25) is 0 Å². The molecule has 3 N–H and O–H groups in total. The molecule has 7 heteroatoms. The van der Waals surface area contributed by atoms with E-state index >= 15 is 0 Å². The van der Waals surface area contributed by atoms with Crippen molar-refractivity contribution in [3.05, 3.63) is 0 Å². The lowest BCUT2D eigenvalue weighted by atomic mass is 10.0. The van der Waals surface area contributed by atoms with E-state index in [4.69, 9.17) is 11.5 Å². The fourth-order valence-electron chi connectivity index (χ4n) is 2.84. The number of nitrogens with zero attached hydrogens (tertiary/aromatic N) is 2. The van der Waals surface area contributed by atoms with Gasteiger partial charge in [-0.1, -0.05) is 0 Å². The van der Waals surface area contributed by atoms with E-state index in [2.05, 4.69) is 21.5 Å². The zero-order valence-corrected chi connectivity index (χ0v) is 12.4. The van der Waals surface area contributed by atoms with Gasteiger partial charge in [0.15, 0.2) is 5.66 Å². The Morgan fingerprint density at radius 3 is 2.59 bits per heavy atom. The Bertz CT molecular complexity index is 505. The lowest BCUT2D eigenvalue weighted by Crippen LogP contribution is -2.33. The SMILES string of the molecule is C#CCCC1(CCC(=O)NC[C@H]2C[C@H](C(=O)O)C[C@H]2O)N=N1. The number of carbonyl (C=O) groups excluding carboxylic acids is 1. The van der Waals surface area contributed by atoms with E-state index in [-0.39, 0.29) is 18.2 Å². The Morgan fingerprint density at radius 1 is 1.32 bits per heavy atom. The predicted octanol–water partition coefficient (Wildman–Crippen LogP) is 0.930. The average molecular weight is 307 g/mol. The predicted molar refractivity (Wildman–Crippen MR) is 77.8 cm³/mol. The summed E-state index contributed by atoms with van der Waals surface area (Å²) in [6.07, 6.45) is 7.26. The van der Waals surface area contributed by atoms with Gasteiger partial charge in [0.1, 0.15) is 0 Å². The molecule has 1 aliphatic heterocycles. The maximum atomic E-state index is 11.8. The van der Waals surface area contributed by atoms with Crippen LogP contribution in [0.15, 0.2) is 10.2 Å². The second-order valence-electron chi connectivity index (χ2n) is 6.02. The Morgan fingerprint density at radius 2 is 2.05 bits per heavy atom. The molecule has 2 aliphatic rings.